The van der Waals surface area contributed by atoms with Crippen LogP contribution in [0, 0.1) is 0 Å². The predicted octanol–water partition coefficient (Wildman–Crippen LogP) is -0.134. The SMILES string of the molecule is CC(=O)[C@@H](NC(=O)N[C@@H](CC(N)=O)c1nc([C@@H](N)Cc2ccccc2)no1)C(C)O. The molecule has 2 rings (SSSR count). The zero-order valence-electron chi connectivity index (χ0n) is 16.7. The van der Waals surface area contributed by atoms with E-state index in [1.807, 2.05) is 30.3 Å². The number of aliphatic hydroxyl groups excluding tert-OH is 1. The molecule has 0 aliphatic rings. The highest BCUT2D eigenvalue weighted by Crippen LogP contribution is 2.19. The third-order valence-electron chi connectivity index (χ3n) is 4.30. The lowest BCUT2D eigenvalue weighted by molar-refractivity contribution is -0.121. The van der Waals surface area contributed by atoms with Gasteiger partial charge in [-0.2, -0.15) is 4.98 Å². The standard InChI is InChI=1S/C19H26N6O5/c1-10(26)16(11(2)27)23-19(29)22-14(9-15(21)28)18-24-17(25-30-18)13(20)8-12-6-4-3-5-7-12/h3-7,10,13-14,16,26H,8-9,20H2,1-2H3,(H2,21,28)(H2,22,23,29)/t10?,13-,14-,16-/m0/s1. The summed E-state index contributed by atoms with van der Waals surface area (Å²) in [6, 6.07) is 5.97. The molecule has 1 aromatic carbocycles. The van der Waals surface area contributed by atoms with Crippen molar-refractivity contribution >= 4 is 17.7 Å². The van der Waals surface area contributed by atoms with Crippen LogP contribution in [0.25, 0.3) is 0 Å². The summed E-state index contributed by atoms with van der Waals surface area (Å²) >= 11 is 0. The molecule has 0 spiro atoms. The summed E-state index contributed by atoms with van der Waals surface area (Å²) in [6.07, 6.45) is -0.959. The molecule has 162 valence electrons. The molecular formula is C19H26N6O5. The number of nitrogens with one attached hydrogen (secondary N) is 2. The highest BCUT2D eigenvalue weighted by atomic mass is 16.5. The normalized spacial score (nSPS) is 14.9. The molecule has 0 saturated heterocycles. The van der Waals surface area contributed by atoms with Gasteiger partial charge in [0.25, 0.3) is 0 Å². The van der Waals surface area contributed by atoms with Crippen LogP contribution in [0.1, 0.15) is 49.6 Å². The Hall–Kier alpha value is -3.31. The second-order valence-corrected chi connectivity index (χ2v) is 6.96. The van der Waals surface area contributed by atoms with Gasteiger partial charge in [0.05, 0.1) is 18.6 Å². The number of nitrogens with two attached hydrogens (primary N) is 2. The van der Waals surface area contributed by atoms with Crippen molar-refractivity contribution in [3.05, 3.63) is 47.6 Å². The molecule has 1 unspecified atom stereocenters. The molecule has 4 atom stereocenters. The number of nitrogens with zero attached hydrogens (tertiary/aromatic N) is 2. The van der Waals surface area contributed by atoms with E-state index in [4.69, 9.17) is 16.0 Å². The summed E-state index contributed by atoms with van der Waals surface area (Å²) in [4.78, 5) is 39.4. The van der Waals surface area contributed by atoms with Crippen LogP contribution in [0.15, 0.2) is 34.9 Å². The second kappa shape index (κ2) is 10.5. The van der Waals surface area contributed by atoms with Gasteiger partial charge >= 0.3 is 6.03 Å². The number of hydrogen-bond acceptors (Lipinski definition) is 8. The number of primary amides is 1. The van der Waals surface area contributed by atoms with E-state index in [2.05, 4.69) is 20.8 Å². The Kier molecular flexibility index (Phi) is 8.01. The Morgan fingerprint density at radius 3 is 2.43 bits per heavy atom. The van der Waals surface area contributed by atoms with Crippen LogP contribution < -0.4 is 22.1 Å². The Morgan fingerprint density at radius 2 is 1.87 bits per heavy atom. The first-order valence-electron chi connectivity index (χ1n) is 9.34. The van der Waals surface area contributed by atoms with E-state index >= 15 is 0 Å². The predicted molar refractivity (Wildman–Crippen MR) is 106 cm³/mol. The fourth-order valence-corrected chi connectivity index (χ4v) is 2.80. The Labute approximate surface area is 173 Å². The quantitative estimate of drug-likeness (QED) is 0.353. The average molecular weight is 418 g/mol. The zero-order chi connectivity index (χ0) is 22.3. The number of aliphatic hydroxyl groups is 1. The molecule has 2 aromatic rings. The molecule has 0 saturated carbocycles. The van der Waals surface area contributed by atoms with Crippen molar-refractivity contribution in [1.82, 2.24) is 20.8 Å². The topological polar surface area (TPSA) is 186 Å². The van der Waals surface area contributed by atoms with Crippen molar-refractivity contribution in [2.75, 3.05) is 0 Å². The molecule has 11 nitrogen and oxygen atoms in total. The number of benzene rings is 1. The van der Waals surface area contributed by atoms with Crippen LogP contribution in [0.3, 0.4) is 0 Å². The zero-order valence-corrected chi connectivity index (χ0v) is 16.7. The molecule has 1 aromatic heterocycles. The van der Waals surface area contributed by atoms with E-state index < -0.39 is 42.0 Å². The number of carbonyl (C=O) groups is 3. The van der Waals surface area contributed by atoms with E-state index in [0.717, 1.165) is 5.56 Å². The molecular weight excluding hydrogens is 392 g/mol. The van der Waals surface area contributed by atoms with Gasteiger partial charge in [-0.25, -0.2) is 4.79 Å². The summed E-state index contributed by atoms with van der Waals surface area (Å²) in [5.74, 6) is -0.999. The smallest absolute Gasteiger partial charge is 0.316 e. The van der Waals surface area contributed by atoms with Gasteiger partial charge in [-0.15, -0.1) is 0 Å². The van der Waals surface area contributed by atoms with Crippen molar-refractivity contribution in [2.24, 2.45) is 11.5 Å². The first-order valence-corrected chi connectivity index (χ1v) is 9.34. The molecule has 0 aliphatic heterocycles. The molecule has 11 heteroatoms. The third-order valence-corrected chi connectivity index (χ3v) is 4.30. The van der Waals surface area contributed by atoms with Crippen LogP contribution in [-0.2, 0) is 16.0 Å². The number of ketones is 1. The van der Waals surface area contributed by atoms with Gasteiger partial charge in [-0.05, 0) is 25.8 Å². The first kappa shape index (κ1) is 23.0. The Morgan fingerprint density at radius 1 is 1.20 bits per heavy atom. The Balaban J connectivity index is 2.10. The molecule has 1 heterocycles. The van der Waals surface area contributed by atoms with Crippen molar-refractivity contribution < 1.29 is 24.0 Å². The van der Waals surface area contributed by atoms with Crippen LogP contribution >= 0.6 is 0 Å². The highest BCUT2D eigenvalue weighted by Gasteiger charge is 2.28. The van der Waals surface area contributed by atoms with Crippen LogP contribution in [0.4, 0.5) is 4.79 Å². The number of rotatable bonds is 10. The first-order chi connectivity index (χ1) is 14.2. The number of hydrogen-bond donors (Lipinski definition) is 5. The number of Topliss-reactive ketones (excluding diaryl/α,β-unsaturated/α-hetero) is 1. The minimum absolute atomic E-state index is 0.0566. The largest absolute Gasteiger partial charge is 0.391 e. The van der Waals surface area contributed by atoms with Crippen molar-refractivity contribution in [3.63, 3.8) is 0 Å². The Bertz CT molecular complexity index is 869. The van der Waals surface area contributed by atoms with Gasteiger partial charge in [-0.3, -0.25) is 9.59 Å². The summed E-state index contributed by atoms with van der Waals surface area (Å²) < 4.78 is 5.18. The maximum atomic E-state index is 12.3. The fourth-order valence-electron chi connectivity index (χ4n) is 2.80. The van der Waals surface area contributed by atoms with Gasteiger partial charge < -0.3 is 31.7 Å². The molecule has 30 heavy (non-hydrogen) atoms. The van der Waals surface area contributed by atoms with Crippen LogP contribution in [0.5, 0.6) is 0 Å². The van der Waals surface area contributed by atoms with Crippen LogP contribution in [-0.4, -0.2) is 45.1 Å². The van der Waals surface area contributed by atoms with Crippen LogP contribution in [0.2, 0.25) is 0 Å². The van der Waals surface area contributed by atoms with Gasteiger partial charge in [0, 0.05) is 0 Å². The molecule has 0 fully saturated rings. The van der Waals surface area contributed by atoms with E-state index in [1.54, 1.807) is 0 Å². The third kappa shape index (κ3) is 6.64. The lowest BCUT2D eigenvalue weighted by Gasteiger charge is -2.20. The van der Waals surface area contributed by atoms with Crippen molar-refractivity contribution in [2.45, 2.75) is 50.9 Å². The average Bonchev–Trinajstić information content (AvgIpc) is 3.16. The number of urea groups is 1. The maximum absolute atomic E-state index is 12.3. The summed E-state index contributed by atoms with van der Waals surface area (Å²) in [6.45, 7) is 2.60. The van der Waals surface area contributed by atoms with E-state index in [9.17, 15) is 19.5 Å². The lowest BCUT2D eigenvalue weighted by atomic mass is 10.1. The van der Waals surface area contributed by atoms with Gasteiger partial charge in [0.15, 0.2) is 11.6 Å². The van der Waals surface area contributed by atoms with E-state index in [-0.39, 0.29) is 18.1 Å². The summed E-state index contributed by atoms with van der Waals surface area (Å²) in [5, 5.41) is 18.2. The molecule has 3 amide bonds. The molecule has 0 bridgehead atoms. The maximum Gasteiger partial charge on any atom is 0.316 e. The van der Waals surface area contributed by atoms with Gasteiger partial charge in [0.1, 0.15) is 12.1 Å². The minimum atomic E-state index is -1.11. The van der Waals surface area contributed by atoms with E-state index in [0.29, 0.717) is 6.42 Å². The highest BCUT2D eigenvalue weighted by molar-refractivity contribution is 5.87. The summed E-state index contributed by atoms with van der Waals surface area (Å²) in [5.41, 5.74) is 12.4. The molecule has 7 N–H and O–H groups in total. The number of aromatic nitrogens is 2. The second-order valence-electron chi connectivity index (χ2n) is 6.96. The number of amides is 3. The number of carbonyl (C=O) groups excluding carboxylic acids is 3. The monoisotopic (exact) mass is 418 g/mol. The van der Waals surface area contributed by atoms with E-state index in [1.165, 1.54) is 13.8 Å². The lowest BCUT2D eigenvalue weighted by Crippen LogP contribution is -2.51. The van der Waals surface area contributed by atoms with Crippen molar-refractivity contribution in [3.8, 4) is 0 Å². The summed E-state index contributed by atoms with van der Waals surface area (Å²) in [7, 11) is 0. The van der Waals surface area contributed by atoms with Gasteiger partial charge in [0.2, 0.25) is 11.8 Å². The van der Waals surface area contributed by atoms with Crippen molar-refractivity contribution in [1.29, 1.82) is 0 Å². The van der Waals surface area contributed by atoms with Gasteiger partial charge in [-0.1, -0.05) is 35.5 Å². The molecule has 0 aliphatic carbocycles. The molecule has 0 radical (unpaired) electrons. The minimum Gasteiger partial charge on any atom is -0.391 e. The fraction of sp³-hybridized carbons (Fsp3) is 0.421.